The molecule has 2 bridgehead atoms. The molecular formula is C17H23NO8S. The Kier molecular flexibility index (Phi) is 5.57. The second-order valence-corrected chi connectivity index (χ2v) is 8.98. The third kappa shape index (κ3) is 4.16. The topological polar surface area (TPSA) is 125 Å². The molecule has 1 N–H and O–H groups in total. The van der Waals surface area contributed by atoms with Crippen LogP contribution < -0.4 is 5.32 Å². The van der Waals surface area contributed by atoms with Crippen molar-refractivity contribution in [3.8, 4) is 0 Å². The number of ether oxygens (including phenoxy) is 2. The number of esters is 2. The average Bonchev–Trinajstić information content (AvgIpc) is 3.21. The van der Waals surface area contributed by atoms with Crippen molar-refractivity contribution in [2.75, 3.05) is 13.2 Å². The van der Waals surface area contributed by atoms with Gasteiger partial charge in [0.15, 0.2) is 0 Å². The average molecular weight is 401 g/mol. The van der Waals surface area contributed by atoms with Crippen LogP contribution in [0.1, 0.15) is 32.6 Å². The molecule has 3 aliphatic rings. The zero-order valence-electron chi connectivity index (χ0n) is 15.0. The summed E-state index contributed by atoms with van der Waals surface area (Å²) in [4.78, 5) is 34.9. The van der Waals surface area contributed by atoms with Crippen molar-refractivity contribution in [2.24, 2.45) is 11.8 Å². The molecule has 27 heavy (non-hydrogen) atoms. The Morgan fingerprint density at radius 2 is 1.89 bits per heavy atom. The van der Waals surface area contributed by atoms with E-state index in [1.165, 1.54) is 0 Å². The lowest BCUT2D eigenvalue weighted by Gasteiger charge is -2.24. The van der Waals surface area contributed by atoms with Crippen LogP contribution in [0.3, 0.4) is 0 Å². The van der Waals surface area contributed by atoms with E-state index < -0.39 is 39.5 Å². The van der Waals surface area contributed by atoms with Gasteiger partial charge in [0.05, 0.1) is 24.6 Å². The molecule has 0 aromatic carbocycles. The van der Waals surface area contributed by atoms with Crippen molar-refractivity contribution in [1.82, 2.24) is 5.32 Å². The smallest absolute Gasteiger partial charge is 0.306 e. The van der Waals surface area contributed by atoms with Gasteiger partial charge in [0.25, 0.3) is 10.1 Å². The summed E-state index contributed by atoms with van der Waals surface area (Å²) in [5.41, 5.74) is 0.357. The molecular weight excluding hydrogens is 378 g/mol. The van der Waals surface area contributed by atoms with Crippen LogP contribution in [0, 0.1) is 11.8 Å². The molecule has 10 heteroatoms. The Morgan fingerprint density at radius 3 is 2.59 bits per heavy atom. The van der Waals surface area contributed by atoms with Crippen molar-refractivity contribution >= 4 is 28.0 Å². The van der Waals surface area contributed by atoms with Crippen LogP contribution in [0.4, 0.5) is 0 Å². The SMILES string of the molecule is C=C(C)C(=O)NCCOC(=O)CCC(=O)OC1C2CC3C1OS(=O)(=O)C3C2. The Labute approximate surface area is 157 Å². The number of hydrogen-bond acceptors (Lipinski definition) is 8. The van der Waals surface area contributed by atoms with Gasteiger partial charge in [-0.15, -0.1) is 0 Å². The number of rotatable bonds is 8. The highest BCUT2D eigenvalue weighted by Crippen LogP contribution is 2.55. The van der Waals surface area contributed by atoms with Crippen LogP contribution >= 0.6 is 0 Å². The molecule has 0 aromatic heterocycles. The maximum absolute atomic E-state index is 12.0. The lowest BCUT2D eigenvalue weighted by molar-refractivity contribution is -0.158. The van der Waals surface area contributed by atoms with Crippen molar-refractivity contribution < 1.29 is 36.5 Å². The van der Waals surface area contributed by atoms with Gasteiger partial charge < -0.3 is 14.8 Å². The minimum atomic E-state index is -3.55. The van der Waals surface area contributed by atoms with E-state index in [1.807, 2.05) is 0 Å². The van der Waals surface area contributed by atoms with Gasteiger partial charge in [-0.3, -0.25) is 18.6 Å². The summed E-state index contributed by atoms with van der Waals surface area (Å²) >= 11 is 0. The molecule has 3 fully saturated rings. The Bertz CT molecular complexity index is 761. The summed E-state index contributed by atoms with van der Waals surface area (Å²) in [6.45, 7) is 5.20. The zero-order valence-corrected chi connectivity index (χ0v) is 15.8. The Balaban J connectivity index is 1.35. The number of fused-ring (bicyclic) bond motifs is 1. The molecule has 1 saturated heterocycles. The van der Waals surface area contributed by atoms with Crippen molar-refractivity contribution in [3.63, 3.8) is 0 Å². The fourth-order valence-electron chi connectivity index (χ4n) is 4.01. The molecule has 1 amide bonds. The van der Waals surface area contributed by atoms with E-state index in [0.717, 1.165) is 0 Å². The van der Waals surface area contributed by atoms with Crippen LogP contribution in [-0.2, 0) is 38.2 Å². The molecule has 0 radical (unpaired) electrons. The largest absolute Gasteiger partial charge is 0.464 e. The second-order valence-electron chi connectivity index (χ2n) is 7.20. The van der Waals surface area contributed by atoms with Crippen molar-refractivity contribution in [3.05, 3.63) is 12.2 Å². The normalized spacial score (nSPS) is 32.1. The molecule has 3 rings (SSSR count). The monoisotopic (exact) mass is 401 g/mol. The first-order valence-corrected chi connectivity index (χ1v) is 10.4. The fraction of sp³-hybridized carbons (Fsp3) is 0.706. The third-order valence-electron chi connectivity index (χ3n) is 5.25. The molecule has 150 valence electrons. The maximum atomic E-state index is 12.0. The third-order valence-corrected chi connectivity index (χ3v) is 7.03. The standard InChI is InChI=1S/C17H23NO8S/c1-9(2)17(21)18-5-6-24-13(19)3-4-14(20)25-15-10-7-11-12(8-10)27(22,23)26-16(11)15/h10-12,15-16H,1,3-8H2,2H3,(H,18,21). The molecule has 5 atom stereocenters. The Morgan fingerprint density at radius 1 is 1.19 bits per heavy atom. The van der Waals surface area contributed by atoms with Gasteiger partial charge in [-0.25, -0.2) is 0 Å². The van der Waals surface area contributed by atoms with E-state index in [-0.39, 0.29) is 43.7 Å². The number of carbonyl (C=O) groups excluding carboxylic acids is 3. The molecule has 5 unspecified atom stereocenters. The van der Waals surface area contributed by atoms with Crippen LogP contribution in [0.2, 0.25) is 0 Å². The number of hydrogen-bond donors (Lipinski definition) is 1. The van der Waals surface area contributed by atoms with Gasteiger partial charge >= 0.3 is 11.9 Å². The first-order valence-electron chi connectivity index (χ1n) is 8.90. The highest BCUT2D eigenvalue weighted by Gasteiger charge is 2.65. The van der Waals surface area contributed by atoms with E-state index in [0.29, 0.717) is 18.4 Å². The summed E-state index contributed by atoms with van der Waals surface area (Å²) in [7, 11) is -3.55. The fourth-order valence-corrected chi connectivity index (χ4v) is 5.89. The summed E-state index contributed by atoms with van der Waals surface area (Å²) in [5.74, 6) is -1.58. The molecule has 9 nitrogen and oxygen atoms in total. The van der Waals surface area contributed by atoms with Gasteiger partial charge in [0.2, 0.25) is 5.91 Å². The predicted molar refractivity (Wildman–Crippen MR) is 91.7 cm³/mol. The molecule has 2 aliphatic carbocycles. The quantitative estimate of drug-likeness (QED) is 0.262. The van der Waals surface area contributed by atoms with Crippen molar-refractivity contribution in [2.45, 2.75) is 50.1 Å². The Hall–Kier alpha value is -1.94. The van der Waals surface area contributed by atoms with Crippen LogP contribution in [0.15, 0.2) is 12.2 Å². The summed E-state index contributed by atoms with van der Waals surface area (Å²) < 4.78 is 39.2. The van der Waals surface area contributed by atoms with Crippen molar-refractivity contribution in [1.29, 1.82) is 0 Å². The number of amides is 1. The van der Waals surface area contributed by atoms with E-state index >= 15 is 0 Å². The highest BCUT2D eigenvalue weighted by molar-refractivity contribution is 7.87. The van der Waals surface area contributed by atoms with Gasteiger partial charge in [0.1, 0.15) is 18.8 Å². The van der Waals surface area contributed by atoms with E-state index in [1.54, 1.807) is 6.92 Å². The molecule has 0 spiro atoms. The second kappa shape index (κ2) is 7.59. The number of carbonyl (C=O) groups is 3. The summed E-state index contributed by atoms with van der Waals surface area (Å²) in [6.07, 6.45) is -0.325. The van der Waals surface area contributed by atoms with Crippen LogP contribution in [-0.4, -0.2) is 56.9 Å². The van der Waals surface area contributed by atoms with E-state index in [4.69, 9.17) is 13.7 Å². The zero-order chi connectivity index (χ0) is 19.8. The highest BCUT2D eigenvalue weighted by atomic mass is 32.2. The van der Waals surface area contributed by atoms with E-state index in [9.17, 15) is 22.8 Å². The molecule has 1 aliphatic heterocycles. The van der Waals surface area contributed by atoms with Gasteiger partial charge in [-0.2, -0.15) is 8.42 Å². The van der Waals surface area contributed by atoms with Gasteiger partial charge in [-0.05, 0) is 19.8 Å². The van der Waals surface area contributed by atoms with Gasteiger partial charge in [-0.1, -0.05) is 6.58 Å². The molecule has 2 saturated carbocycles. The lowest BCUT2D eigenvalue weighted by Crippen LogP contribution is -2.37. The van der Waals surface area contributed by atoms with Crippen LogP contribution in [0.5, 0.6) is 0 Å². The molecule has 1 heterocycles. The van der Waals surface area contributed by atoms with E-state index in [2.05, 4.69) is 11.9 Å². The minimum absolute atomic E-state index is 0.00453. The minimum Gasteiger partial charge on any atom is -0.464 e. The lowest BCUT2D eigenvalue weighted by atomic mass is 9.94. The summed E-state index contributed by atoms with van der Waals surface area (Å²) in [6, 6.07) is 0. The van der Waals surface area contributed by atoms with Crippen LogP contribution in [0.25, 0.3) is 0 Å². The first kappa shape index (κ1) is 19.8. The maximum Gasteiger partial charge on any atom is 0.306 e. The van der Waals surface area contributed by atoms with Gasteiger partial charge in [0, 0.05) is 17.4 Å². The predicted octanol–water partition coefficient (Wildman–Crippen LogP) is 0.0509. The first-order chi connectivity index (χ1) is 12.7. The summed E-state index contributed by atoms with van der Waals surface area (Å²) in [5, 5.41) is 2.05. The molecule has 0 aromatic rings. The number of nitrogens with one attached hydrogen (secondary N) is 1.